The zero-order chi connectivity index (χ0) is 16.1. The molecule has 1 atom stereocenters. The minimum Gasteiger partial charge on any atom is -0.486 e. The molecule has 0 aliphatic carbocycles. The fraction of sp³-hybridized carbons (Fsp3) is 0.500. The number of halogens is 2. The SMILES string of the molecule is C[C@H]1CNCCN1C(=O)CCOc1ccc(Cl)cc1[N+](=O)[O-].Cl. The van der Waals surface area contributed by atoms with Crippen LogP contribution in [0.25, 0.3) is 0 Å². The molecule has 1 aromatic carbocycles. The quantitative estimate of drug-likeness (QED) is 0.640. The first-order valence-electron chi connectivity index (χ1n) is 7.06. The van der Waals surface area contributed by atoms with Gasteiger partial charge in [-0.2, -0.15) is 0 Å². The molecule has 0 unspecified atom stereocenters. The van der Waals surface area contributed by atoms with Crippen molar-refractivity contribution < 1.29 is 14.5 Å². The number of hydrogen-bond donors (Lipinski definition) is 1. The van der Waals surface area contributed by atoms with Gasteiger partial charge in [0.2, 0.25) is 5.91 Å². The average Bonchev–Trinajstić information content (AvgIpc) is 2.48. The van der Waals surface area contributed by atoms with E-state index in [1.54, 1.807) is 4.90 Å². The largest absolute Gasteiger partial charge is 0.486 e. The molecule has 0 aromatic heterocycles. The van der Waals surface area contributed by atoms with E-state index in [1.165, 1.54) is 18.2 Å². The van der Waals surface area contributed by atoms with Crippen molar-refractivity contribution in [3.63, 3.8) is 0 Å². The van der Waals surface area contributed by atoms with Gasteiger partial charge in [0.25, 0.3) is 0 Å². The predicted molar refractivity (Wildman–Crippen MR) is 89.5 cm³/mol. The molecule has 0 radical (unpaired) electrons. The topological polar surface area (TPSA) is 84.7 Å². The molecule has 1 aliphatic rings. The van der Waals surface area contributed by atoms with Crippen molar-refractivity contribution in [3.05, 3.63) is 33.3 Å². The summed E-state index contributed by atoms with van der Waals surface area (Å²) in [6.07, 6.45) is 0.185. The number of nitro groups is 1. The lowest BCUT2D eigenvalue weighted by atomic mass is 10.2. The lowest BCUT2D eigenvalue weighted by molar-refractivity contribution is -0.385. The summed E-state index contributed by atoms with van der Waals surface area (Å²) >= 11 is 5.74. The molecule has 1 amide bonds. The van der Waals surface area contributed by atoms with Gasteiger partial charge in [-0.15, -0.1) is 12.4 Å². The number of carbonyl (C=O) groups is 1. The summed E-state index contributed by atoms with van der Waals surface area (Å²) in [5, 5.41) is 14.4. The maximum Gasteiger partial charge on any atom is 0.312 e. The van der Waals surface area contributed by atoms with Crippen molar-refractivity contribution in [1.82, 2.24) is 10.2 Å². The summed E-state index contributed by atoms with van der Waals surface area (Å²) in [5.74, 6) is 0.112. The Bertz CT molecular complexity index is 571. The minimum absolute atomic E-state index is 0. The lowest BCUT2D eigenvalue weighted by Gasteiger charge is -2.34. The van der Waals surface area contributed by atoms with E-state index in [2.05, 4.69) is 5.32 Å². The summed E-state index contributed by atoms with van der Waals surface area (Å²) in [4.78, 5) is 24.3. The molecule has 9 heteroatoms. The van der Waals surface area contributed by atoms with Crippen LogP contribution in [0, 0.1) is 10.1 Å². The minimum atomic E-state index is -0.554. The van der Waals surface area contributed by atoms with Gasteiger partial charge in [0.15, 0.2) is 5.75 Å². The molecule has 1 heterocycles. The van der Waals surface area contributed by atoms with E-state index in [4.69, 9.17) is 16.3 Å². The Balaban J connectivity index is 0.00000264. The number of rotatable bonds is 5. The van der Waals surface area contributed by atoms with E-state index in [0.29, 0.717) is 6.54 Å². The maximum atomic E-state index is 12.1. The summed E-state index contributed by atoms with van der Waals surface area (Å²) in [7, 11) is 0. The van der Waals surface area contributed by atoms with Gasteiger partial charge in [-0.3, -0.25) is 14.9 Å². The summed E-state index contributed by atoms with van der Waals surface area (Å²) in [6.45, 7) is 4.29. The number of hydrogen-bond acceptors (Lipinski definition) is 5. The van der Waals surface area contributed by atoms with Crippen LogP contribution in [0.5, 0.6) is 5.75 Å². The smallest absolute Gasteiger partial charge is 0.312 e. The van der Waals surface area contributed by atoms with Gasteiger partial charge in [0.05, 0.1) is 18.0 Å². The van der Waals surface area contributed by atoms with E-state index >= 15 is 0 Å². The Morgan fingerprint density at radius 2 is 2.30 bits per heavy atom. The standard InChI is InChI=1S/C14H18ClN3O4.ClH/c1-10-9-16-5-6-17(10)14(19)4-7-22-13-3-2-11(15)8-12(13)18(20)21;/h2-3,8,10,16H,4-7,9H2,1H3;1H/t10-;/m0./s1. The second-order valence-corrected chi connectivity index (χ2v) is 5.54. The molecule has 0 spiro atoms. The first-order chi connectivity index (χ1) is 10.5. The normalized spacial score (nSPS) is 17.3. The van der Waals surface area contributed by atoms with Gasteiger partial charge in [0.1, 0.15) is 0 Å². The van der Waals surface area contributed by atoms with Gasteiger partial charge >= 0.3 is 5.69 Å². The van der Waals surface area contributed by atoms with Crippen LogP contribution in [-0.4, -0.2) is 48.0 Å². The number of nitrogens with one attached hydrogen (secondary N) is 1. The Hall–Kier alpha value is -1.57. The second kappa shape index (κ2) is 8.90. The van der Waals surface area contributed by atoms with Crippen molar-refractivity contribution in [2.45, 2.75) is 19.4 Å². The average molecular weight is 364 g/mol. The van der Waals surface area contributed by atoms with E-state index in [-0.39, 0.29) is 53.8 Å². The lowest BCUT2D eigenvalue weighted by Crippen LogP contribution is -2.52. The number of nitrogens with zero attached hydrogens (tertiary/aromatic N) is 2. The molecule has 1 fully saturated rings. The molecule has 2 rings (SSSR count). The van der Waals surface area contributed by atoms with Gasteiger partial charge in [0, 0.05) is 36.8 Å². The molecule has 0 saturated carbocycles. The van der Waals surface area contributed by atoms with E-state index in [1.807, 2.05) is 6.92 Å². The highest BCUT2D eigenvalue weighted by Gasteiger charge is 2.23. The Kier molecular flexibility index (Phi) is 7.54. The zero-order valence-corrected chi connectivity index (χ0v) is 14.2. The van der Waals surface area contributed by atoms with E-state index < -0.39 is 4.92 Å². The van der Waals surface area contributed by atoms with Gasteiger partial charge in [-0.05, 0) is 19.1 Å². The molecule has 1 saturated heterocycles. The highest BCUT2D eigenvalue weighted by molar-refractivity contribution is 6.30. The molecule has 1 N–H and O–H groups in total. The van der Waals surface area contributed by atoms with E-state index in [0.717, 1.165) is 13.1 Å². The van der Waals surface area contributed by atoms with Crippen LogP contribution in [-0.2, 0) is 4.79 Å². The van der Waals surface area contributed by atoms with Crippen LogP contribution in [0.15, 0.2) is 18.2 Å². The number of carbonyl (C=O) groups excluding carboxylic acids is 1. The van der Waals surface area contributed by atoms with Crippen molar-refractivity contribution in [3.8, 4) is 5.75 Å². The maximum absolute atomic E-state index is 12.1. The fourth-order valence-electron chi connectivity index (χ4n) is 2.36. The van der Waals surface area contributed by atoms with Crippen LogP contribution >= 0.6 is 24.0 Å². The van der Waals surface area contributed by atoms with Crippen LogP contribution < -0.4 is 10.1 Å². The second-order valence-electron chi connectivity index (χ2n) is 5.11. The Morgan fingerprint density at radius 1 is 1.57 bits per heavy atom. The number of amides is 1. The van der Waals surface area contributed by atoms with Crippen molar-refractivity contribution in [2.75, 3.05) is 26.2 Å². The molecule has 0 bridgehead atoms. The summed E-state index contributed by atoms with van der Waals surface area (Å²) in [5.41, 5.74) is -0.199. The van der Waals surface area contributed by atoms with Crippen LogP contribution in [0.1, 0.15) is 13.3 Å². The van der Waals surface area contributed by atoms with Crippen LogP contribution in [0.4, 0.5) is 5.69 Å². The van der Waals surface area contributed by atoms with Crippen molar-refractivity contribution in [1.29, 1.82) is 0 Å². The highest BCUT2D eigenvalue weighted by Crippen LogP contribution is 2.29. The van der Waals surface area contributed by atoms with Gasteiger partial charge < -0.3 is 15.0 Å². The third-order valence-corrected chi connectivity index (χ3v) is 3.75. The van der Waals surface area contributed by atoms with Gasteiger partial charge in [-0.1, -0.05) is 11.6 Å². The van der Waals surface area contributed by atoms with Crippen LogP contribution in [0.2, 0.25) is 5.02 Å². The monoisotopic (exact) mass is 363 g/mol. The third-order valence-electron chi connectivity index (χ3n) is 3.51. The van der Waals surface area contributed by atoms with Crippen molar-refractivity contribution in [2.24, 2.45) is 0 Å². The number of ether oxygens (including phenoxy) is 1. The molecule has 7 nitrogen and oxygen atoms in total. The molecule has 1 aromatic rings. The molecule has 23 heavy (non-hydrogen) atoms. The van der Waals surface area contributed by atoms with Gasteiger partial charge in [-0.25, -0.2) is 0 Å². The number of nitro benzene ring substituents is 1. The summed E-state index contributed by atoms with van der Waals surface area (Å²) < 4.78 is 5.39. The Morgan fingerprint density at radius 3 is 2.96 bits per heavy atom. The first kappa shape index (κ1) is 19.5. The number of benzene rings is 1. The third kappa shape index (κ3) is 5.23. The molecule has 1 aliphatic heterocycles. The Labute approximate surface area is 145 Å². The number of piperazine rings is 1. The summed E-state index contributed by atoms with van der Waals surface area (Å²) in [6, 6.07) is 4.34. The fourth-order valence-corrected chi connectivity index (χ4v) is 2.53. The van der Waals surface area contributed by atoms with Crippen LogP contribution in [0.3, 0.4) is 0 Å². The molecular formula is C14H19Cl2N3O4. The predicted octanol–water partition coefficient (Wildman–Crippen LogP) is 2.26. The highest BCUT2D eigenvalue weighted by atomic mass is 35.5. The van der Waals surface area contributed by atoms with Crippen molar-refractivity contribution >= 4 is 35.6 Å². The first-order valence-corrected chi connectivity index (χ1v) is 7.43. The molecule has 128 valence electrons. The van der Waals surface area contributed by atoms with E-state index in [9.17, 15) is 14.9 Å². The molecular weight excluding hydrogens is 345 g/mol. The zero-order valence-electron chi connectivity index (χ0n) is 12.7.